The van der Waals surface area contributed by atoms with Crippen molar-refractivity contribution in [2.75, 3.05) is 5.33 Å². The molecule has 0 bridgehead atoms. The van der Waals surface area contributed by atoms with Crippen LogP contribution in [-0.4, -0.2) is 16.8 Å². The number of carbonyl (C=O) groups is 1. The normalized spacial score (nSPS) is 36.3. The Labute approximate surface area is 100 Å². The number of hydrogen-bond acceptors (Lipinski definition) is 1. The van der Waals surface area contributed by atoms with E-state index in [1.54, 1.807) is 0 Å². The molecule has 0 aromatic rings. The Bertz CT molecular complexity index is 252. The Morgan fingerprint density at radius 2 is 2.20 bits per heavy atom. The summed E-state index contributed by atoms with van der Waals surface area (Å²) in [6.45, 7) is 2.29. The zero-order chi connectivity index (χ0) is 10.9. The standard InChI is InChI=1S/C12H20BrNO/c1-9-3-2-6-12(7-9,8-13)14-11(15)10-4-5-10/h9-10H,2-8H2,1H3,(H,14,15). The van der Waals surface area contributed by atoms with Crippen LogP contribution in [-0.2, 0) is 4.79 Å². The third-order valence-electron chi connectivity index (χ3n) is 3.68. The molecule has 2 rings (SSSR count). The van der Waals surface area contributed by atoms with Crippen molar-refractivity contribution in [3.63, 3.8) is 0 Å². The Morgan fingerprint density at radius 3 is 2.73 bits per heavy atom. The largest absolute Gasteiger partial charge is 0.350 e. The highest BCUT2D eigenvalue weighted by molar-refractivity contribution is 9.09. The van der Waals surface area contributed by atoms with Crippen molar-refractivity contribution in [3.05, 3.63) is 0 Å². The van der Waals surface area contributed by atoms with E-state index in [4.69, 9.17) is 0 Å². The Hall–Kier alpha value is -0.0500. The van der Waals surface area contributed by atoms with Gasteiger partial charge in [-0.05, 0) is 31.6 Å². The molecule has 0 spiro atoms. The number of rotatable bonds is 3. The fourth-order valence-corrected chi connectivity index (χ4v) is 3.29. The zero-order valence-corrected chi connectivity index (χ0v) is 11.0. The zero-order valence-electron chi connectivity index (χ0n) is 9.39. The average molecular weight is 274 g/mol. The summed E-state index contributed by atoms with van der Waals surface area (Å²) in [4.78, 5) is 11.8. The van der Waals surface area contributed by atoms with E-state index in [1.807, 2.05) is 0 Å². The van der Waals surface area contributed by atoms with E-state index in [1.165, 1.54) is 12.8 Å². The van der Waals surface area contributed by atoms with Crippen LogP contribution in [0.1, 0.15) is 45.4 Å². The third-order valence-corrected chi connectivity index (χ3v) is 4.76. The predicted molar refractivity (Wildman–Crippen MR) is 65.0 cm³/mol. The maximum Gasteiger partial charge on any atom is 0.223 e. The van der Waals surface area contributed by atoms with Gasteiger partial charge < -0.3 is 5.32 Å². The van der Waals surface area contributed by atoms with Gasteiger partial charge in [0.2, 0.25) is 5.91 Å². The van der Waals surface area contributed by atoms with E-state index in [9.17, 15) is 4.79 Å². The van der Waals surface area contributed by atoms with Gasteiger partial charge in [0, 0.05) is 16.8 Å². The minimum Gasteiger partial charge on any atom is -0.350 e. The molecule has 2 saturated carbocycles. The molecule has 0 radical (unpaired) electrons. The highest BCUT2D eigenvalue weighted by Gasteiger charge is 2.39. The van der Waals surface area contributed by atoms with Gasteiger partial charge in [0.05, 0.1) is 0 Å². The van der Waals surface area contributed by atoms with Crippen LogP contribution in [0.3, 0.4) is 0 Å². The first-order valence-corrected chi connectivity index (χ1v) is 7.15. The van der Waals surface area contributed by atoms with E-state index in [0.29, 0.717) is 11.8 Å². The molecule has 2 atom stereocenters. The van der Waals surface area contributed by atoms with Crippen LogP contribution >= 0.6 is 15.9 Å². The number of halogens is 1. The summed E-state index contributed by atoms with van der Waals surface area (Å²) in [6, 6.07) is 0. The molecule has 0 aliphatic heterocycles. The first-order chi connectivity index (χ1) is 7.15. The summed E-state index contributed by atoms with van der Waals surface area (Å²) in [7, 11) is 0. The number of hydrogen-bond donors (Lipinski definition) is 1. The fourth-order valence-electron chi connectivity index (χ4n) is 2.64. The maximum atomic E-state index is 11.8. The number of alkyl halides is 1. The van der Waals surface area contributed by atoms with Gasteiger partial charge in [-0.15, -0.1) is 0 Å². The van der Waals surface area contributed by atoms with Crippen molar-refractivity contribution < 1.29 is 4.79 Å². The van der Waals surface area contributed by atoms with E-state index >= 15 is 0 Å². The summed E-state index contributed by atoms with van der Waals surface area (Å²) in [5.41, 5.74) is 0.0529. The van der Waals surface area contributed by atoms with Gasteiger partial charge >= 0.3 is 0 Å². The lowest BCUT2D eigenvalue weighted by Gasteiger charge is -2.39. The summed E-state index contributed by atoms with van der Waals surface area (Å²) < 4.78 is 0. The van der Waals surface area contributed by atoms with E-state index in [2.05, 4.69) is 28.2 Å². The van der Waals surface area contributed by atoms with Crippen LogP contribution in [0.15, 0.2) is 0 Å². The molecule has 86 valence electrons. The van der Waals surface area contributed by atoms with Crippen molar-refractivity contribution in [1.82, 2.24) is 5.32 Å². The maximum absolute atomic E-state index is 11.8. The van der Waals surface area contributed by atoms with Crippen molar-refractivity contribution in [2.45, 2.75) is 51.0 Å². The molecule has 2 nitrogen and oxygen atoms in total. The molecule has 15 heavy (non-hydrogen) atoms. The summed E-state index contributed by atoms with van der Waals surface area (Å²) in [5.74, 6) is 1.37. The molecular weight excluding hydrogens is 254 g/mol. The predicted octanol–water partition coefficient (Wildman–Crippen LogP) is 2.86. The number of amides is 1. The van der Waals surface area contributed by atoms with Crippen LogP contribution in [0.5, 0.6) is 0 Å². The molecule has 2 aliphatic rings. The van der Waals surface area contributed by atoms with Crippen molar-refractivity contribution in [3.8, 4) is 0 Å². The molecule has 1 amide bonds. The topological polar surface area (TPSA) is 29.1 Å². The van der Waals surface area contributed by atoms with E-state index < -0.39 is 0 Å². The third kappa shape index (κ3) is 2.74. The summed E-state index contributed by atoms with van der Waals surface area (Å²) in [6.07, 6.45) is 7.03. The molecule has 0 aromatic carbocycles. The van der Waals surface area contributed by atoms with Crippen LogP contribution < -0.4 is 5.32 Å². The second-order valence-corrected chi connectivity index (χ2v) is 5.94. The van der Waals surface area contributed by atoms with Gasteiger partial charge in [-0.25, -0.2) is 0 Å². The first kappa shape index (κ1) is 11.4. The molecular formula is C12H20BrNO. The molecule has 2 fully saturated rings. The second kappa shape index (κ2) is 4.44. The van der Waals surface area contributed by atoms with Crippen LogP contribution in [0.25, 0.3) is 0 Å². The molecule has 2 unspecified atom stereocenters. The van der Waals surface area contributed by atoms with Crippen LogP contribution in [0, 0.1) is 11.8 Å². The van der Waals surface area contributed by atoms with Gasteiger partial charge in [-0.3, -0.25) is 4.79 Å². The highest BCUT2D eigenvalue weighted by atomic mass is 79.9. The number of carbonyl (C=O) groups excluding carboxylic acids is 1. The Morgan fingerprint density at radius 1 is 1.47 bits per heavy atom. The Kier molecular flexibility index (Phi) is 3.39. The first-order valence-electron chi connectivity index (χ1n) is 6.03. The van der Waals surface area contributed by atoms with Gasteiger partial charge in [-0.1, -0.05) is 35.7 Å². The molecule has 1 N–H and O–H groups in total. The highest BCUT2D eigenvalue weighted by Crippen LogP contribution is 2.36. The summed E-state index contributed by atoms with van der Waals surface area (Å²) >= 11 is 3.58. The van der Waals surface area contributed by atoms with Crippen molar-refractivity contribution >= 4 is 21.8 Å². The Balaban J connectivity index is 1.96. The van der Waals surface area contributed by atoms with Crippen LogP contribution in [0.2, 0.25) is 0 Å². The molecule has 0 aromatic heterocycles. The van der Waals surface area contributed by atoms with Gasteiger partial charge in [0.15, 0.2) is 0 Å². The van der Waals surface area contributed by atoms with E-state index in [-0.39, 0.29) is 5.54 Å². The SMILES string of the molecule is CC1CCCC(CBr)(NC(=O)C2CC2)C1. The fraction of sp³-hybridized carbons (Fsp3) is 0.917. The monoisotopic (exact) mass is 273 g/mol. The molecule has 0 saturated heterocycles. The molecule has 3 heteroatoms. The number of nitrogens with one attached hydrogen (secondary N) is 1. The minimum atomic E-state index is 0.0529. The van der Waals surface area contributed by atoms with Gasteiger partial charge in [0.25, 0.3) is 0 Å². The minimum absolute atomic E-state index is 0.0529. The van der Waals surface area contributed by atoms with Crippen molar-refractivity contribution in [1.29, 1.82) is 0 Å². The van der Waals surface area contributed by atoms with Crippen molar-refractivity contribution in [2.24, 2.45) is 11.8 Å². The van der Waals surface area contributed by atoms with Crippen LogP contribution in [0.4, 0.5) is 0 Å². The second-order valence-electron chi connectivity index (χ2n) is 5.38. The quantitative estimate of drug-likeness (QED) is 0.788. The average Bonchev–Trinajstić information content (AvgIpc) is 3.00. The lowest BCUT2D eigenvalue weighted by Crippen LogP contribution is -2.53. The van der Waals surface area contributed by atoms with Gasteiger partial charge in [0.1, 0.15) is 0 Å². The smallest absolute Gasteiger partial charge is 0.223 e. The van der Waals surface area contributed by atoms with E-state index in [0.717, 1.165) is 36.9 Å². The van der Waals surface area contributed by atoms with Gasteiger partial charge in [-0.2, -0.15) is 0 Å². The molecule has 0 heterocycles. The molecule has 2 aliphatic carbocycles. The summed E-state index contributed by atoms with van der Waals surface area (Å²) in [5, 5.41) is 4.19. The lowest BCUT2D eigenvalue weighted by atomic mass is 9.77. The lowest BCUT2D eigenvalue weighted by molar-refractivity contribution is -0.124.